The van der Waals surface area contributed by atoms with Crippen molar-refractivity contribution >= 4 is 27.6 Å². The lowest BCUT2D eigenvalue weighted by Crippen LogP contribution is -2.30. The van der Waals surface area contributed by atoms with E-state index < -0.39 is 33.8 Å². The Morgan fingerprint density at radius 3 is 2.78 bits per heavy atom. The molecule has 2 heterocycles. The first-order valence-corrected chi connectivity index (χ1v) is 12.0. The number of hydrogen-bond acceptors (Lipinski definition) is 6. The highest BCUT2D eigenvalue weighted by atomic mass is 32.2. The average molecular weight is 466 g/mol. The van der Waals surface area contributed by atoms with Gasteiger partial charge in [-0.05, 0) is 43.4 Å². The summed E-state index contributed by atoms with van der Waals surface area (Å²) in [6.45, 7) is 2.02. The van der Waals surface area contributed by atoms with E-state index in [0.29, 0.717) is 29.5 Å². The summed E-state index contributed by atoms with van der Waals surface area (Å²) in [7, 11) is -3.69. The van der Waals surface area contributed by atoms with Gasteiger partial charge in [0.05, 0.1) is 18.0 Å². The van der Waals surface area contributed by atoms with Crippen LogP contribution in [0.4, 0.5) is 14.9 Å². The van der Waals surface area contributed by atoms with E-state index in [1.54, 1.807) is 6.92 Å². The van der Waals surface area contributed by atoms with Crippen LogP contribution in [0.2, 0.25) is 0 Å². The van der Waals surface area contributed by atoms with E-state index in [0.717, 1.165) is 12.8 Å². The molecule has 1 aliphatic carbocycles. The Labute approximate surface area is 185 Å². The van der Waals surface area contributed by atoms with E-state index in [9.17, 15) is 22.4 Å². The maximum absolute atomic E-state index is 14.0. The summed E-state index contributed by atoms with van der Waals surface area (Å²) in [4.78, 5) is 24.2. The van der Waals surface area contributed by atoms with Crippen LogP contribution in [-0.2, 0) is 21.2 Å². The van der Waals surface area contributed by atoms with Crippen LogP contribution in [0, 0.1) is 11.7 Å². The van der Waals surface area contributed by atoms with Gasteiger partial charge in [0.25, 0.3) is 0 Å². The summed E-state index contributed by atoms with van der Waals surface area (Å²) in [5.41, 5.74) is 0.970. The lowest BCUT2D eigenvalue weighted by Gasteiger charge is -2.16. The molecule has 1 atom stereocenters. The number of benzene rings is 1. The van der Waals surface area contributed by atoms with Crippen LogP contribution in [0.25, 0.3) is 0 Å². The predicted molar refractivity (Wildman–Crippen MR) is 113 cm³/mol. The third kappa shape index (κ3) is 5.46. The van der Waals surface area contributed by atoms with Crippen molar-refractivity contribution in [3.63, 3.8) is 0 Å². The zero-order valence-electron chi connectivity index (χ0n) is 17.5. The second-order valence-electron chi connectivity index (χ2n) is 8.06. The molecular formula is C21H24FN3O6S. The molecule has 9 nitrogen and oxygen atoms in total. The van der Waals surface area contributed by atoms with Crippen LogP contribution < -0.4 is 19.7 Å². The zero-order chi connectivity index (χ0) is 22.9. The van der Waals surface area contributed by atoms with Crippen LogP contribution in [0.3, 0.4) is 0 Å². The summed E-state index contributed by atoms with van der Waals surface area (Å²) < 4.78 is 52.5. The summed E-state index contributed by atoms with van der Waals surface area (Å²) in [6, 6.07) is 4.70. The Balaban J connectivity index is 1.33. The molecule has 11 heteroatoms. The Hall–Kier alpha value is -2.92. The number of amides is 3. The van der Waals surface area contributed by atoms with Gasteiger partial charge in [-0.25, -0.2) is 22.3 Å². The standard InChI is InChI=1S/C21H24FN3O6S/c1-13(15-4-5-18(22)19(8-15)31-11-14-2-3-14)24-32(28,29)7-6-17-9-16(12-30-17)25-10-20(26)23-21(25)27/h4-5,8-9,12-14,24H,2-3,6-7,10-11H2,1H3,(H,23,26,27)/t13-/m1/s1. The molecule has 0 spiro atoms. The fourth-order valence-corrected chi connectivity index (χ4v) is 4.58. The fraction of sp³-hybridized carbons (Fsp3) is 0.429. The van der Waals surface area contributed by atoms with Gasteiger partial charge in [-0.2, -0.15) is 0 Å². The van der Waals surface area contributed by atoms with Gasteiger partial charge in [0.15, 0.2) is 11.6 Å². The molecule has 172 valence electrons. The second-order valence-corrected chi connectivity index (χ2v) is 9.94. The molecule has 0 radical (unpaired) electrons. The van der Waals surface area contributed by atoms with Crippen molar-refractivity contribution in [2.75, 3.05) is 23.8 Å². The van der Waals surface area contributed by atoms with Gasteiger partial charge >= 0.3 is 6.03 Å². The maximum Gasteiger partial charge on any atom is 0.329 e. The van der Waals surface area contributed by atoms with Crippen molar-refractivity contribution in [1.82, 2.24) is 10.0 Å². The molecule has 2 N–H and O–H groups in total. The highest BCUT2D eigenvalue weighted by Gasteiger charge is 2.29. The Kier molecular flexibility index (Phi) is 6.20. The number of nitrogens with one attached hydrogen (secondary N) is 2. The molecule has 2 aromatic rings. The highest BCUT2D eigenvalue weighted by Crippen LogP contribution is 2.31. The quantitative estimate of drug-likeness (QED) is 0.521. The molecule has 0 unspecified atom stereocenters. The molecule has 1 aromatic heterocycles. The molecule has 1 aliphatic heterocycles. The first-order chi connectivity index (χ1) is 15.2. The van der Waals surface area contributed by atoms with Crippen molar-refractivity contribution < 1.29 is 31.6 Å². The monoisotopic (exact) mass is 465 g/mol. The number of sulfonamides is 1. The van der Waals surface area contributed by atoms with Gasteiger partial charge in [0.1, 0.15) is 18.6 Å². The normalized spacial score (nSPS) is 17.5. The average Bonchev–Trinajstić information content (AvgIpc) is 3.33. The van der Waals surface area contributed by atoms with E-state index >= 15 is 0 Å². The number of urea groups is 1. The van der Waals surface area contributed by atoms with Gasteiger partial charge < -0.3 is 9.15 Å². The van der Waals surface area contributed by atoms with Crippen LogP contribution >= 0.6 is 0 Å². The van der Waals surface area contributed by atoms with Crippen molar-refractivity contribution in [2.45, 2.75) is 32.2 Å². The minimum absolute atomic E-state index is 0.0740. The van der Waals surface area contributed by atoms with Crippen molar-refractivity contribution in [3.05, 3.63) is 47.7 Å². The number of furan rings is 1. The van der Waals surface area contributed by atoms with E-state index in [-0.39, 0.29) is 24.5 Å². The number of carbonyl (C=O) groups is 2. The van der Waals surface area contributed by atoms with Crippen molar-refractivity contribution in [3.8, 4) is 5.75 Å². The molecule has 32 heavy (non-hydrogen) atoms. The SMILES string of the molecule is C[C@@H](NS(=O)(=O)CCc1cc(N2CC(=O)NC2=O)co1)c1ccc(F)c(OCC2CC2)c1. The number of imide groups is 1. The summed E-state index contributed by atoms with van der Waals surface area (Å²) in [6.07, 6.45) is 3.54. The number of aryl methyl sites for hydroxylation is 1. The lowest BCUT2D eigenvalue weighted by molar-refractivity contribution is -0.117. The largest absolute Gasteiger partial charge is 0.490 e. The number of ether oxygens (including phenoxy) is 1. The van der Waals surface area contributed by atoms with Crippen LogP contribution in [0.5, 0.6) is 5.75 Å². The molecular weight excluding hydrogens is 441 g/mol. The number of hydrogen-bond donors (Lipinski definition) is 2. The second kappa shape index (κ2) is 8.91. The highest BCUT2D eigenvalue weighted by molar-refractivity contribution is 7.89. The first-order valence-electron chi connectivity index (χ1n) is 10.3. The summed E-state index contributed by atoms with van der Waals surface area (Å²) >= 11 is 0. The molecule has 4 rings (SSSR count). The summed E-state index contributed by atoms with van der Waals surface area (Å²) in [5, 5.41) is 2.16. The third-order valence-electron chi connectivity index (χ3n) is 5.35. The van der Waals surface area contributed by atoms with E-state index in [1.165, 1.54) is 35.4 Å². The molecule has 1 aromatic carbocycles. The minimum atomic E-state index is -3.69. The van der Waals surface area contributed by atoms with Crippen molar-refractivity contribution in [2.24, 2.45) is 5.92 Å². The van der Waals surface area contributed by atoms with Crippen molar-refractivity contribution in [1.29, 1.82) is 0 Å². The number of anilines is 1. The Morgan fingerprint density at radius 1 is 1.31 bits per heavy atom. The number of halogens is 1. The number of carbonyl (C=O) groups excluding carboxylic acids is 2. The smallest absolute Gasteiger partial charge is 0.329 e. The fourth-order valence-electron chi connectivity index (χ4n) is 3.32. The number of rotatable bonds is 10. The van der Waals surface area contributed by atoms with E-state index in [1.807, 2.05) is 0 Å². The van der Waals surface area contributed by atoms with Crippen LogP contribution in [0.1, 0.15) is 37.1 Å². The van der Waals surface area contributed by atoms with E-state index in [4.69, 9.17) is 9.15 Å². The van der Waals surface area contributed by atoms with Gasteiger partial charge in [0, 0.05) is 18.5 Å². The molecule has 1 saturated carbocycles. The Bertz CT molecular complexity index is 1130. The molecule has 2 aliphatic rings. The lowest BCUT2D eigenvalue weighted by atomic mass is 10.1. The van der Waals surface area contributed by atoms with Gasteiger partial charge in [-0.1, -0.05) is 6.07 Å². The molecule has 2 fully saturated rings. The van der Waals surface area contributed by atoms with Crippen LogP contribution in [0.15, 0.2) is 34.9 Å². The summed E-state index contributed by atoms with van der Waals surface area (Å²) in [5.74, 6) is -0.194. The van der Waals surface area contributed by atoms with Crippen LogP contribution in [-0.4, -0.2) is 39.3 Å². The maximum atomic E-state index is 14.0. The Morgan fingerprint density at radius 2 is 2.09 bits per heavy atom. The minimum Gasteiger partial charge on any atom is -0.490 e. The van der Waals surface area contributed by atoms with Gasteiger partial charge in [-0.3, -0.25) is 15.0 Å². The van der Waals surface area contributed by atoms with Gasteiger partial charge in [-0.15, -0.1) is 0 Å². The first kappa shape index (κ1) is 22.3. The predicted octanol–water partition coefficient (Wildman–Crippen LogP) is 2.49. The number of nitrogens with zero attached hydrogens (tertiary/aromatic N) is 1. The topological polar surface area (TPSA) is 118 Å². The van der Waals surface area contributed by atoms with Gasteiger partial charge in [0.2, 0.25) is 15.9 Å². The zero-order valence-corrected chi connectivity index (χ0v) is 18.3. The third-order valence-corrected chi connectivity index (χ3v) is 6.80. The molecule has 3 amide bonds. The molecule has 1 saturated heterocycles. The molecule has 0 bridgehead atoms. The van der Waals surface area contributed by atoms with E-state index in [2.05, 4.69) is 10.0 Å².